The summed E-state index contributed by atoms with van der Waals surface area (Å²) in [5, 5.41) is 4.64. The van der Waals surface area contributed by atoms with E-state index >= 15 is 0 Å². The highest BCUT2D eigenvalue weighted by Gasteiger charge is 2.15. The van der Waals surface area contributed by atoms with Gasteiger partial charge >= 0.3 is 0 Å². The third kappa shape index (κ3) is 3.47. The number of sulfonamides is 1. The summed E-state index contributed by atoms with van der Waals surface area (Å²) in [7, 11) is -3.51. The van der Waals surface area contributed by atoms with Crippen molar-refractivity contribution < 1.29 is 8.42 Å². The molecular weight excluding hydrogens is 402 g/mol. The van der Waals surface area contributed by atoms with Crippen molar-refractivity contribution in [2.24, 2.45) is 0 Å². The molecule has 3 N–H and O–H groups in total. The first-order chi connectivity index (χ1) is 13.3. The molecule has 28 heavy (non-hydrogen) atoms. The SMILES string of the molecule is CS(=O)(=O)Nc1cc(-c2ccc3nc(N)c(-c4ccncc4)n3n2)cnc1Cl. The quantitative estimate of drug-likeness (QED) is 0.490. The van der Waals surface area contributed by atoms with Gasteiger partial charge in [0.15, 0.2) is 16.6 Å². The van der Waals surface area contributed by atoms with E-state index in [2.05, 4.69) is 24.8 Å². The fraction of sp³-hybridized carbons (Fsp3) is 0.0588. The van der Waals surface area contributed by atoms with Crippen LogP contribution in [-0.4, -0.2) is 39.2 Å². The van der Waals surface area contributed by atoms with Gasteiger partial charge in [0.2, 0.25) is 10.0 Å². The van der Waals surface area contributed by atoms with E-state index in [4.69, 9.17) is 17.3 Å². The van der Waals surface area contributed by atoms with Gasteiger partial charge in [-0.1, -0.05) is 11.6 Å². The standard InChI is InChI=1S/C17H14ClN7O2S/c1-28(26,27)24-13-8-11(9-21-16(13)18)12-2-3-14-22-17(19)15(25(14)23-12)10-4-6-20-7-5-10/h2-9,24H,19H2,1H3. The number of nitrogens with two attached hydrogens (primary N) is 1. The van der Waals surface area contributed by atoms with Crippen molar-refractivity contribution in [3.63, 3.8) is 0 Å². The summed E-state index contributed by atoms with van der Waals surface area (Å²) in [6.45, 7) is 0. The Morgan fingerprint density at radius 1 is 1.14 bits per heavy atom. The Morgan fingerprint density at radius 2 is 1.89 bits per heavy atom. The lowest BCUT2D eigenvalue weighted by Gasteiger charge is -2.09. The molecule has 0 unspecified atom stereocenters. The lowest BCUT2D eigenvalue weighted by Crippen LogP contribution is -2.10. The van der Waals surface area contributed by atoms with Crippen LogP contribution in [0.15, 0.2) is 48.9 Å². The van der Waals surface area contributed by atoms with E-state index in [1.807, 2.05) is 12.1 Å². The molecule has 0 aromatic carbocycles. The van der Waals surface area contributed by atoms with E-state index in [1.54, 1.807) is 35.1 Å². The predicted octanol–water partition coefficient (Wildman–Crippen LogP) is 2.46. The average Bonchev–Trinajstić information content (AvgIpc) is 2.98. The van der Waals surface area contributed by atoms with Crippen LogP contribution in [0, 0.1) is 0 Å². The third-order valence-corrected chi connectivity index (χ3v) is 4.78. The minimum absolute atomic E-state index is 0.0413. The molecule has 4 rings (SSSR count). The maximum Gasteiger partial charge on any atom is 0.229 e. The van der Waals surface area contributed by atoms with Crippen LogP contribution in [0.1, 0.15) is 0 Å². The molecule has 0 spiro atoms. The van der Waals surface area contributed by atoms with Crippen molar-refractivity contribution in [2.45, 2.75) is 0 Å². The number of nitrogens with zero attached hydrogens (tertiary/aromatic N) is 5. The number of fused-ring (bicyclic) bond motifs is 1. The Labute approximate surface area is 165 Å². The molecule has 4 aromatic heterocycles. The fourth-order valence-corrected chi connectivity index (χ4v) is 3.51. The first kappa shape index (κ1) is 18.1. The maximum atomic E-state index is 11.5. The summed E-state index contributed by atoms with van der Waals surface area (Å²) in [5.74, 6) is 0.338. The zero-order valence-corrected chi connectivity index (χ0v) is 16.1. The van der Waals surface area contributed by atoms with Gasteiger partial charge in [-0.2, -0.15) is 5.10 Å². The van der Waals surface area contributed by atoms with Gasteiger partial charge in [-0.05, 0) is 30.3 Å². The van der Waals surface area contributed by atoms with Crippen LogP contribution in [0.4, 0.5) is 11.5 Å². The minimum atomic E-state index is -3.51. The maximum absolute atomic E-state index is 11.5. The van der Waals surface area contributed by atoms with Crippen molar-refractivity contribution >= 4 is 38.8 Å². The molecule has 142 valence electrons. The summed E-state index contributed by atoms with van der Waals surface area (Å²) in [6.07, 6.45) is 5.86. The lowest BCUT2D eigenvalue weighted by atomic mass is 10.2. The van der Waals surface area contributed by atoms with Crippen LogP contribution in [0.3, 0.4) is 0 Å². The second kappa shape index (κ2) is 6.73. The number of pyridine rings is 2. The van der Waals surface area contributed by atoms with Gasteiger partial charge in [0, 0.05) is 29.7 Å². The Kier molecular flexibility index (Phi) is 4.36. The van der Waals surface area contributed by atoms with Gasteiger partial charge in [0.05, 0.1) is 17.6 Å². The number of rotatable bonds is 4. The van der Waals surface area contributed by atoms with Gasteiger partial charge < -0.3 is 5.73 Å². The highest BCUT2D eigenvalue weighted by atomic mass is 35.5. The lowest BCUT2D eigenvalue weighted by molar-refractivity contribution is 0.607. The molecule has 0 saturated heterocycles. The molecule has 0 saturated carbocycles. The molecule has 4 aromatic rings. The van der Waals surface area contributed by atoms with Gasteiger partial charge in [-0.15, -0.1) is 0 Å². The van der Waals surface area contributed by atoms with Gasteiger partial charge in [0.25, 0.3) is 0 Å². The van der Waals surface area contributed by atoms with Gasteiger partial charge in [0.1, 0.15) is 5.69 Å². The van der Waals surface area contributed by atoms with Crippen LogP contribution in [-0.2, 0) is 10.0 Å². The second-order valence-corrected chi connectivity index (χ2v) is 8.11. The Morgan fingerprint density at radius 3 is 2.61 bits per heavy atom. The molecule has 0 atom stereocenters. The normalized spacial score (nSPS) is 11.6. The zero-order valence-electron chi connectivity index (χ0n) is 14.5. The molecule has 0 radical (unpaired) electrons. The minimum Gasteiger partial charge on any atom is -0.382 e. The third-order valence-electron chi connectivity index (χ3n) is 3.89. The number of anilines is 2. The van der Waals surface area contributed by atoms with E-state index in [0.29, 0.717) is 28.4 Å². The van der Waals surface area contributed by atoms with E-state index in [9.17, 15) is 8.42 Å². The van der Waals surface area contributed by atoms with Crippen molar-refractivity contribution in [1.82, 2.24) is 24.6 Å². The second-order valence-electron chi connectivity index (χ2n) is 6.01. The fourth-order valence-electron chi connectivity index (χ4n) is 2.74. The molecular formula is C17H14ClN7O2S. The summed E-state index contributed by atoms with van der Waals surface area (Å²) in [6, 6.07) is 8.70. The zero-order chi connectivity index (χ0) is 19.9. The molecule has 0 fully saturated rings. The van der Waals surface area contributed by atoms with Gasteiger partial charge in [-0.3, -0.25) is 9.71 Å². The molecule has 0 aliphatic rings. The van der Waals surface area contributed by atoms with Crippen LogP contribution in [0.2, 0.25) is 5.15 Å². The van der Waals surface area contributed by atoms with E-state index < -0.39 is 10.0 Å². The van der Waals surface area contributed by atoms with Crippen LogP contribution < -0.4 is 10.5 Å². The smallest absolute Gasteiger partial charge is 0.229 e. The largest absolute Gasteiger partial charge is 0.382 e. The number of imidazole rings is 1. The molecule has 0 amide bonds. The number of hydrogen-bond acceptors (Lipinski definition) is 7. The topological polar surface area (TPSA) is 128 Å². The first-order valence-electron chi connectivity index (χ1n) is 8.01. The van der Waals surface area contributed by atoms with Gasteiger partial charge in [-0.25, -0.2) is 22.9 Å². The Balaban J connectivity index is 1.86. The van der Waals surface area contributed by atoms with E-state index in [0.717, 1.165) is 11.8 Å². The average molecular weight is 416 g/mol. The summed E-state index contributed by atoms with van der Waals surface area (Å²) in [5.41, 5.74) is 9.40. The van der Waals surface area contributed by atoms with Crippen molar-refractivity contribution in [2.75, 3.05) is 16.7 Å². The predicted molar refractivity (Wildman–Crippen MR) is 107 cm³/mol. The molecule has 9 nitrogen and oxygen atoms in total. The monoisotopic (exact) mass is 415 g/mol. The summed E-state index contributed by atoms with van der Waals surface area (Å²) in [4.78, 5) is 12.4. The van der Waals surface area contributed by atoms with Crippen molar-refractivity contribution in [3.05, 3.63) is 54.1 Å². The number of halogens is 1. The molecule has 0 bridgehead atoms. The van der Waals surface area contributed by atoms with E-state index in [1.165, 1.54) is 6.20 Å². The number of nitrogens with one attached hydrogen (secondary N) is 1. The summed E-state index contributed by atoms with van der Waals surface area (Å²) >= 11 is 6.00. The van der Waals surface area contributed by atoms with Crippen molar-refractivity contribution in [3.8, 4) is 22.5 Å². The molecule has 11 heteroatoms. The summed E-state index contributed by atoms with van der Waals surface area (Å²) < 4.78 is 27.0. The number of aromatic nitrogens is 5. The van der Waals surface area contributed by atoms with Crippen LogP contribution in [0.25, 0.3) is 28.2 Å². The highest BCUT2D eigenvalue weighted by Crippen LogP contribution is 2.29. The van der Waals surface area contributed by atoms with E-state index in [-0.39, 0.29) is 10.8 Å². The first-order valence-corrected chi connectivity index (χ1v) is 10.3. The number of nitrogen functional groups attached to an aromatic ring is 1. The van der Waals surface area contributed by atoms with Crippen molar-refractivity contribution in [1.29, 1.82) is 0 Å². The van der Waals surface area contributed by atoms with Crippen LogP contribution in [0.5, 0.6) is 0 Å². The highest BCUT2D eigenvalue weighted by molar-refractivity contribution is 7.92. The molecule has 0 aliphatic heterocycles. The molecule has 4 heterocycles. The Bertz CT molecular complexity index is 1290. The number of hydrogen-bond donors (Lipinski definition) is 2. The Hall–Kier alpha value is -3.24. The van der Waals surface area contributed by atoms with Crippen LogP contribution >= 0.6 is 11.6 Å². The molecule has 0 aliphatic carbocycles.